The largest absolute Gasteiger partial charge is 0.393 e. The van der Waals surface area contributed by atoms with Crippen molar-refractivity contribution >= 4 is 22.5 Å². The predicted molar refractivity (Wildman–Crippen MR) is 95.2 cm³/mol. The van der Waals surface area contributed by atoms with Gasteiger partial charge in [-0.15, -0.1) is 0 Å². The molecule has 9 heteroatoms. The summed E-state index contributed by atoms with van der Waals surface area (Å²) in [5, 5.41) is 24.1. The zero-order chi connectivity index (χ0) is 18.1. The van der Waals surface area contributed by atoms with Gasteiger partial charge in [-0.3, -0.25) is 14.7 Å². The van der Waals surface area contributed by atoms with Crippen molar-refractivity contribution in [3.63, 3.8) is 0 Å². The first kappa shape index (κ1) is 16.4. The standard InChI is InChI=1S/C17H18N6O3/c24-12-7-5-11(6-8-12)20-16-15(23(25)26)9-18-17(21-16)22-10-19-13-3-1-2-4-14(13)22/h1-4,9-12,24H,5-8H2,(H,18,20,21). The smallest absolute Gasteiger partial charge is 0.329 e. The molecule has 0 atom stereocenters. The molecule has 2 N–H and O–H groups in total. The highest BCUT2D eigenvalue weighted by atomic mass is 16.6. The number of hydrogen-bond donors (Lipinski definition) is 2. The summed E-state index contributed by atoms with van der Waals surface area (Å²) in [4.78, 5) is 23.7. The Bertz CT molecular complexity index is 949. The highest BCUT2D eigenvalue weighted by Gasteiger charge is 2.24. The van der Waals surface area contributed by atoms with Crippen LogP contribution >= 0.6 is 0 Å². The van der Waals surface area contributed by atoms with Crippen LogP contribution in [0.1, 0.15) is 25.7 Å². The summed E-state index contributed by atoms with van der Waals surface area (Å²) >= 11 is 0. The third-order valence-corrected chi connectivity index (χ3v) is 4.66. The normalized spacial score (nSPS) is 20.2. The number of aromatic nitrogens is 4. The monoisotopic (exact) mass is 354 g/mol. The summed E-state index contributed by atoms with van der Waals surface area (Å²) < 4.78 is 1.70. The number of fused-ring (bicyclic) bond motifs is 1. The summed E-state index contributed by atoms with van der Waals surface area (Å²) in [5.41, 5.74) is 1.46. The van der Waals surface area contributed by atoms with E-state index in [0.717, 1.165) is 23.9 Å². The SMILES string of the molecule is O=[N+]([O-])c1cnc(-n2cnc3ccccc32)nc1NC1CCC(O)CC1. The number of nitrogens with zero attached hydrogens (tertiary/aromatic N) is 5. The Hall–Kier alpha value is -3.07. The molecule has 0 radical (unpaired) electrons. The van der Waals surface area contributed by atoms with E-state index in [1.54, 1.807) is 10.9 Å². The summed E-state index contributed by atoms with van der Waals surface area (Å²) in [6, 6.07) is 7.59. The summed E-state index contributed by atoms with van der Waals surface area (Å²) in [7, 11) is 0. The van der Waals surface area contributed by atoms with Crippen LogP contribution in [0.15, 0.2) is 36.8 Å². The molecule has 2 aromatic heterocycles. The fraction of sp³-hybridized carbons (Fsp3) is 0.353. The minimum atomic E-state index is -0.490. The molecular weight excluding hydrogens is 336 g/mol. The van der Waals surface area contributed by atoms with E-state index in [0.29, 0.717) is 18.8 Å². The van der Waals surface area contributed by atoms with Crippen LogP contribution < -0.4 is 5.32 Å². The Balaban J connectivity index is 1.70. The van der Waals surface area contributed by atoms with Crippen molar-refractivity contribution < 1.29 is 10.0 Å². The molecule has 0 amide bonds. The van der Waals surface area contributed by atoms with Crippen LogP contribution in [-0.2, 0) is 0 Å². The lowest BCUT2D eigenvalue weighted by atomic mass is 9.93. The van der Waals surface area contributed by atoms with E-state index in [-0.39, 0.29) is 23.7 Å². The molecule has 0 unspecified atom stereocenters. The van der Waals surface area contributed by atoms with Gasteiger partial charge in [0.2, 0.25) is 11.8 Å². The van der Waals surface area contributed by atoms with Crippen molar-refractivity contribution in [1.29, 1.82) is 0 Å². The molecule has 134 valence electrons. The Morgan fingerprint density at radius 2 is 1.96 bits per heavy atom. The van der Waals surface area contributed by atoms with Gasteiger partial charge in [-0.05, 0) is 37.8 Å². The Morgan fingerprint density at radius 1 is 1.19 bits per heavy atom. The van der Waals surface area contributed by atoms with Crippen molar-refractivity contribution in [3.05, 3.63) is 46.9 Å². The van der Waals surface area contributed by atoms with Gasteiger partial charge in [0.05, 0.1) is 22.1 Å². The van der Waals surface area contributed by atoms with Gasteiger partial charge >= 0.3 is 5.69 Å². The molecule has 1 saturated carbocycles. The van der Waals surface area contributed by atoms with E-state index in [9.17, 15) is 15.2 Å². The first-order valence-corrected chi connectivity index (χ1v) is 8.50. The van der Waals surface area contributed by atoms with E-state index < -0.39 is 4.92 Å². The van der Waals surface area contributed by atoms with Crippen molar-refractivity contribution in [3.8, 4) is 5.95 Å². The minimum Gasteiger partial charge on any atom is -0.393 e. The third-order valence-electron chi connectivity index (χ3n) is 4.66. The Morgan fingerprint density at radius 3 is 2.73 bits per heavy atom. The van der Waals surface area contributed by atoms with Crippen molar-refractivity contribution in [2.45, 2.75) is 37.8 Å². The lowest BCUT2D eigenvalue weighted by Crippen LogP contribution is -2.29. The summed E-state index contributed by atoms with van der Waals surface area (Å²) in [6.07, 6.45) is 5.37. The van der Waals surface area contributed by atoms with E-state index in [4.69, 9.17) is 0 Å². The van der Waals surface area contributed by atoms with Crippen LogP contribution in [-0.4, -0.2) is 41.7 Å². The van der Waals surface area contributed by atoms with E-state index in [1.165, 1.54) is 6.20 Å². The fourth-order valence-corrected chi connectivity index (χ4v) is 3.25. The number of aliphatic hydroxyl groups excluding tert-OH is 1. The van der Waals surface area contributed by atoms with Gasteiger partial charge in [0, 0.05) is 6.04 Å². The average molecular weight is 354 g/mol. The van der Waals surface area contributed by atoms with Crippen LogP contribution in [0.5, 0.6) is 0 Å². The zero-order valence-corrected chi connectivity index (χ0v) is 13.9. The number of nitro groups is 1. The molecule has 9 nitrogen and oxygen atoms in total. The van der Waals surface area contributed by atoms with Gasteiger partial charge in [-0.1, -0.05) is 12.1 Å². The van der Waals surface area contributed by atoms with Crippen LogP contribution in [0.25, 0.3) is 17.0 Å². The molecule has 26 heavy (non-hydrogen) atoms. The first-order chi connectivity index (χ1) is 12.6. The lowest BCUT2D eigenvalue weighted by Gasteiger charge is -2.26. The summed E-state index contributed by atoms with van der Waals surface area (Å²) in [6.45, 7) is 0. The highest BCUT2D eigenvalue weighted by Crippen LogP contribution is 2.27. The third kappa shape index (κ3) is 3.08. The Labute approximate surface area is 148 Å². The molecule has 0 spiro atoms. The van der Waals surface area contributed by atoms with E-state index >= 15 is 0 Å². The first-order valence-electron chi connectivity index (χ1n) is 8.50. The second-order valence-corrected chi connectivity index (χ2v) is 6.41. The van der Waals surface area contributed by atoms with Gasteiger partial charge in [0.1, 0.15) is 12.5 Å². The topological polar surface area (TPSA) is 119 Å². The fourth-order valence-electron chi connectivity index (χ4n) is 3.25. The molecule has 0 aliphatic heterocycles. The van der Waals surface area contributed by atoms with Gasteiger partial charge in [0.25, 0.3) is 0 Å². The molecule has 3 aromatic rings. The van der Waals surface area contributed by atoms with Gasteiger partial charge in [-0.25, -0.2) is 9.97 Å². The lowest BCUT2D eigenvalue weighted by molar-refractivity contribution is -0.384. The van der Waals surface area contributed by atoms with Crippen molar-refractivity contribution in [2.24, 2.45) is 0 Å². The molecule has 2 heterocycles. The second-order valence-electron chi connectivity index (χ2n) is 6.41. The van der Waals surface area contributed by atoms with Crippen LogP contribution in [0.2, 0.25) is 0 Å². The molecule has 4 rings (SSSR count). The molecule has 1 aliphatic carbocycles. The van der Waals surface area contributed by atoms with Gasteiger partial charge < -0.3 is 10.4 Å². The number of para-hydroxylation sites is 2. The van der Waals surface area contributed by atoms with Crippen LogP contribution in [0, 0.1) is 10.1 Å². The number of aliphatic hydroxyl groups is 1. The molecule has 1 aromatic carbocycles. The van der Waals surface area contributed by atoms with Crippen LogP contribution in [0.4, 0.5) is 11.5 Å². The number of benzene rings is 1. The number of anilines is 1. The maximum Gasteiger partial charge on any atom is 0.329 e. The number of nitrogens with one attached hydrogen (secondary N) is 1. The number of hydrogen-bond acceptors (Lipinski definition) is 7. The van der Waals surface area contributed by atoms with Crippen molar-refractivity contribution in [1.82, 2.24) is 19.5 Å². The molecule has 0 saturated heterocycles. The summed E-state index contributed by atoms with van der Waals surface area (Å²) in [5.74, 6) is 0.516. The maximum atomic E-state index is 11.4. The van der Waals surface area contributed by atoms with Crippen LogP contribution in [0.3, 0.4) is 0 Å². The van der Waals surface area contributed by atoms with E-state index in [1.807, 2.05) is 24.3 Å². The quantitative estimate of drug-likeness (QED) is 0.545. The molecule has 0 bridgehead atoms. The Kier molecular flexibility index (Phi) is 4.21. The molecular formula is C17H18N6O3. The highest BCUT2D eigenvalue weighted by molar-refractivity contribution is 5.76. The average Bonchev–Trinajstić information content (AvgIpc) is 3.07. The van der Waals surface area contributed by atoms with E-state index in [2.05, 4.69) is 20.3 Å². The van der Waals surface area contributed by atoms with Gasteiger partial charge in [-0.2, -0.15) is 4.98 Å². The predicted octanol–water partition coefficient (Wildman–Crippen LogP) is 2.44. The molecule has 1 aliphatic rings. The zero-order valence-electron chi connectivity index (χ0n) is 13.9. The number of rotatable bonds is 4. The van der Waals surface area contributed by atoms with Crippen molar-refractivity contribution in [2.75, 3.05) is 5.32 Å². The number of imidazole rings is 1. The minimum absolute atomic E-state index is 0.0411. The maximum absolute atomic E-state index is 11.4. The molecule has 1 fully saturated rings. The van der Waals surface area contributed by atoms with Gasteiger partial charge in [0.15, 0.2) is 0 Å². The second kappa shape index (κ2) is 6.68.